The number of fused-ring (bicyclic) bond motifs is 1. The van der Waals surface area contributed by atoms with Crippen LogP contribution in [0.4, 0.5) is 5.69 Å². The van der Waals surface area contributed by atoms with Crippen molar-refractivity contribution in [3.63, 3.8) is 0 Å². The number of nitrogens with one attached hydrogen (secondary N) is 1. The molecule has 2 aliphatic rings. The Morgan fingerprint density at radius 3 is 2.85 bits per heavy atom. The number of methoxy groups -OCH3 is 1. The van der Waals surface area contributed by atoms with Crippen LogP contribution in [0.15, 0.2) is 12.1 Å². The van der Waals surface area contributed by atoms with E-state index in [2.05, 4.69) is 43.1 Å². The lowest BCUT2D eigenvalue weighted by Crippen LogP contribution is -2.59. The molecule has 1 fully saturated rings. The molecule has 146 valence electrons. The van der Waals surface area contributed by atoms with Gasteiger partial charge in [-0.15, -0.1) is 0 Å². The fourth-order valence-electron chi connectivity index (χ4n) is 4.21. The second-order valence-electron chi connectivity index (χ2n) is 8.51. The minimum atomic E-state index is -0.119. The van der Waals surface area contributed by atoms with Gasteiger partial charge in [-0.05, 0) is 31.0 Å². The zero-order valence-corrected chi connectivity index (χ0v) is 17.0. The molecule has 0 aromatic heterocycles. The third-order valence-corrected chi connectivity index (χ3v) is 5.76. The Morgan fingerprint density at radius 2 is 2.19 bits per heavy atom. The first-order valence-corrected chi connectivity index (χ1v) is 9.58. The zero-order valence-electron chi connectivity index (χ0n) is 17.0. The number of hydrogen-bond acceptors (Lipinski definition) is 5. The van der Waals surface area contributed by atoms with Gasteiger partial charge in [-0.3, -0.25) is 9.69 Å². The van der Waals surface area contributed by atoms with Gasteiger partial charge in [0, 0.05) is 49.9 Å². The van der Waals surface area contributed by atoms with E-state index in [0.717, 1.165) is 29.9 Å². The van der Waals surface area contributed by atoms with Crippen LogP contribution in [0.2, 0.25) is 0 Å². The van der Waals surface area contributed by atoms with Crippen LogP contribution in [0.25, 0.3) is 0 Å². The van der Waals surface area contributed by atoms with Crippen molar-refractivity contribution in [2.24, 2.45) is 0 Å². The summed E-state index contributed by atoms with van der Waals surface area (Å²) in [5, 5.41) is 12.9. The molecule has 27 heavy (non-hydrogen) atoms. The zero-order chi connectivity index (χ0) is 19.8. The molecule has 3 rings (SSSR count). The fraction of sp³-hybridized carbons (Fsp3) is 0.619. The number of amides is 1. The number of benzene rings is 1. The molecular weight excluding hydrogens is 340 g/mol. The van der Waals surface area contributed by atoms with Crippen LogP contribution in [-0.4, -0.2) is 62.8 Å². The molecule has 0 aliphatic carbocycles. The van der Waals surface area contributed by atoms with Gasteiger partial charge >= 0.3 is 0 Å². The molecular formula is C21H30N4O2. The fourth-order valence-corrected chi connectivity index (χ4v) is 4.21. The molecule has 6 heteroatoms. The number of carbonyl (C=O) groups excluding carboxylic acids is 1. The van der Waals surface area contributed by atoms with Gasteiger partial charge in [-0.25, -0.2) is 0 Å². The van der Waals surface area contributed by atoms with Crippen molar-refractivity contribution >= 4 is 11.6 Å². The summed E-state index contributed by atoms with van der Waals surface area (Å²) in [5.74, 6) is 0.0878. The summed E-state index contributed by atoms with van der Waals surface area (Å²) in [5.41, 5.74) is 3.52. The molecule has 0 bridgehead atoms. The molecule has 0 spiro atoms. The van der Waals surface area contributed by atoms with Crippen LogP contribution in [-0.2, 0) is 14.9 Å². The normalized spacial score (nSPS) is 24.5. The van der Waals surface area contributed by atoms with Crippen molar-refractivity contribution in [2.45, 2.75) is 45.2 Å². The van der Waals surface area contributed by atoms with Crippen LogP contribution in [0, 0.1) is 18.3 Å². The van der Waals surface area contributed by atoms with Crippen molar-refractivity contribution in [1.82, 2.24) is 10.2 Å². The number of rotatable bonds is 4. The molecule has 1 saturated heterocycles. The van der Waals surface area contributed by atoms with E-state index >= 15 is 0 Å². The third kappa shape index (κ3) is 3.86. The van der Waals surface area contributed by atoms with E-state index in [0.29, 0.717) is 31.3 Å². The minimum Gasteiger partial charge on any atom is -0.383 e. The Labute approximate surface area is 162 Å². The first-order chi connectivity index (χ1) is 12.8. The molecule has 1 aromatic rings. The Balaban J connectivity index is 1.85. The summed E-state index contributed by atoms with van der Waals surface area (Å²) < 4.78 is 5.34. The summed E-state index contributed by atoms with van der Waals surface area (Å²) in [4.78, 5) is 17.3. The van der Waals surface area contributed by atoms with Crippen LogP contribution >= 0.6 is 0 Å². The molecule has 2 aliphatic heterocycles. The number of piperazine rings is 1. The molecule has 1 amide bonds. The molecule has 1 N–H and O–H groups in total. The highest BCUT2D eigenvalue weighted by molar-refractivity contribution is 5.98. The maximum atomic E-state index is 13.2. The second-order valence-corrected chi connectivity index (χ2v) is 8.51. The Bertz CT molecular complexity index is 768. The van der Waals surface area contributed by atoms with E-state index in [1.165, 1.54) is 0 Å². The first-order valence-electron chi connectivity index (χ1n) is 9.58. The van der Waals surface area contributed by atoms with Crippen LogP contribution < -0.4 is 10.2 Å². The van der Waals surface area contributed by atoms with Gasteiger partial charge in [0.1, 0.15) is 0 Å². The van der Waals surface area contributed by atoms with Gasteiger partial charge in [0.15, 0.2) is 0 Å². The van der Waals surface area contributed by atoms with Crippen molar-refractivity contribution in [1.29, 1.82) is 5.26 Å². The topological polar surface area (TPSA) is 68.6 Å². The van der Waals surface area contributed by atoms with Crippen LogP contribution in [0.5, 0.6) is 0 Å². The standard InChI is InChI=1S/C21H30N4O2/c1-14-6-18-19(7-16(14)8-22)25(13-21(18,3)4)20(26)11-24-10-15(2)23-9-17(24)12-27-5/h6-7,15,17,23H,9-13H2,1-5H3/t15-,17-/m1/s1. The number of ether oxygens (including phenoxy) is 1. The average Bonchev–Trinajstić information content (AvgIpc) is 2.87. The highest BCUT2D eigenvalue weighted by atomic mass is 16.5. The lowest BCUT2D eigenvalue weighted by molar-refractivity contribution is -0.121. The SMILES string of the molecule is COC[C@H]1CN[C@H](C)CN1CC(=O)N1CC(C)(C)c2cc(C)c(C#N)cc21. The van der Waals surface area contributed by atoms with Gasteiger partial charge in [0.25, 0.3) is 0 Å². The van der Waals surface area contributed by atoms with Crippen LogP contribution in [0.1, 0.15) is 37.5 Å². The smallest absolute Gasteiger partial charge is 0.241 e. The van der Waals surface area contributed by atoms with Crippen molar-refractivity contribution in [2.75, 3.05) is 44.8 Å². The van der Waals surface area contributed by atoms with Gasteiger partial charge in [-0.1, -0.05) is 19.9 Å². The lowest BCUT2D eigenvalue weighted by atomic mass is 9.85. The predicted octanol–water partition coefficient (Wildman–Crippen LogP) is 1.80. The Morgan fingerprint density at radius 1 is 1.44 bits per heavy atom. The van der Waals surface area contributed by atoms with E-state index < -0.39 is 0 Å². The van der Waals surface area contributed by atoms with E-state index in [1.807, 2.05) is 17.9 Å². The lowest BCUT2D eigenvalue weighted by Gasteiger charge is -2.39. The molecule has 0 unspecified atom stereocenters. The molecule has 1 aromatic carbocycles. The summed E-state index contributed by atoms with van der Waals surface area (Å²) in [6, 6.07) is 6.74. The second kappa shape index (κ2) is 7.59. The third-order valence-electron chi connectivity index (χ3n) is 5.76. The van der Waals surface area contributed by atoms with Gasteiger partial charge in [0.05, 0.1) is 24.8 Å². The summed E-state index contributed by atoms with van der Waals surface area (Å²) in [6.07, 6.45) is 0. The molecule has 2 heterocycles. The van der Waals surface area contributed by atoms with Gasteiger partial charge < -0.3 is 15.0 Å². The van der Waals surface area contributed by atoms with Gasteiger partial charge in [0.2, 0.25) is 5.91 Å². The maximum Gasteiger partial charge on any atom is 0.241 e. The summed E-state index contributed by atoms with van der Waals surface area (Å²) in [7, 11) is 1.70. The predicted molar refractivity (Wildman–Crippen MR) is 106 cm³/mol. The number of nitriles is 1. The van der Waals surface area contributed by atoms with E-state index in [-0.39, 0.29) is 17.4 Å². The number of hydrogen-bond donors (Lipinski definition) is 1. The molecule has 0 radical (unpaired) electrons. The maximum absolute atomic E-state index is 13.2. The summed E-state index contributed by atoms with van der Waals surface area (Å²) in [6.45, 7) is 11.7. The minimum absolute atomic E-state index is 0.0878. The Hall–Kier alpha value is -1.94. The van der Waals surface area contributed by atoms with E-state index in [4.69, 9.17) is 4.74 Å². The van der Waals surface area contributed by atoms with Crippen molar-refractivity contribution in [3.05, 3.63) is 28.8 Å². The number of nitrogens with zero attached hydrogens (tertiary/aromatic N) is 3. The highest BCUT2D eigenvalue weighted by Crippen LogP contribution is 2.42. The van der Waals surface area contributed by atoms with Crippen molar-refractivity contribution < 1.29 is 9.53 Å². The largest absolute Gasteiger partial charge is 0.383 e. The Kier molecular flexibility index (Phi) is 5.57. The molecule has 2 atom stereocenters. The van der Waals surface area contributed by atoms with Crippen molar-refractivity contribution in [3.8, 4) is 6.07 Å². The molecule has 6 nitrogen and oxygen atoms in total. The highest BCUT2D eigenvalue weighted by Gasteiger charge is 2.39. The first kappa shape index (κ1) is 19.8. The van der Waals surface area contributed by atoms with E-state index in [1.54, 1.807) is 7.11 Å². The number of anilines is 1. The van der Waals surface area contributed by atoms with E-state index in [9.17, 15) is 10.1 Å². The van der Waals surface area contributed by atoms with Crippen LogP contribution in [0.3, 0.4) is 0 Å². The van der Waals surface area contributed by atoms with Gasteiger partial charge in [-0.2, -0.15) is 5.26 Å². The quantitative estimate of drug-likeness (QED) is 0.875. The number of aryl methyl sites for hydroxylation is 1. The number of carbonyl (C=O) groups is 1. The molecule has 0 saturated carbocycles. The summed E-state index contributed by atoms with van der Waals surface area (Å²) >= 11 is 0. The monoisotopic (exact) mass is 370 g/mol. The average molecular weight is 370 g/mol.